The van der Waals surface area contributed by atoms with E-state index in [0.717, 1.165) is 11.1 Å². The van der Waals surface area contributed by atoms with Crippen LogP contribution in [0.4, 0.5) is 0 Å². The number of benzene rings is 1. The number of aryl methyl sites for hydroxylation is 2. The molecule has 1 amide bonds. The van der Waals surface area contributed by atoms with Crippen LogP contribution in [0.3, 0.4) is 0 Å². The number of nitrogens with zero attached hydrogens (tertiary/aromatic N) is 2. The van der Waals surface area contributed by atoms with E-state index in [2.05, 4.69) is 15.5 Å². The number of hydrogen-bond donors (Lipinski definition) is 1. The van der Waals surface area contributed by atoms with Gasteiger partial charge in [0.05, 0.1) is 12.0 Å². The van der Waals surface area contributed by atoms with Gasteiger partial charge in [-0.05, 0) is 30.0 Å². The molecule has 0 fully saturated rings. The molecule has 1 N–H and O–H groups in total. The van der Waals surface area contributed by atoms with E-state index in [4.69, 9.17) is 9.26 Å². The van der Waals surface area contributed by atoms with Crippen molar-refractivity contribution >= 4 is 17.2 Å². The molecule has 0 aliphatic rings. The number of para-hydroxylation sites is 1. The molecule has 3 rings (SSSR count). The van der Waals surface area contributed by atoms with Crippen molar-refractivity contribution in [1.82, 2.24) is 15.5 Å². The average molecular weight is 343 g/mol. The number of carbonyl (C=O) groups excluding carboxylic acids is 1. The lowest BCUT2D eigenvalue weighted by molar-refractivity contribution is 0.0944. The molecule has 0 saturated carbocycles. The van der Waals surface area contributed by atoms with E-state index in [9.17, 15) is 4.79 Å². The summed E-state index contributed by atoms with van der Waals surface area (Å²) >= 11 is 1.40. The molecule has 1 aromatic carbocycles. The van der Waals surface area contributed by atoms with Crippen molar-refractivity contribution in [2.24, 2.45) is 0 Å². The number of thiophene rings is 1. The second kappa shape index (κ2) is 6.84. The Hall–Kier alpha value is -2.67. The predicted octanol–water partition coefficient (Wildman–Crippen LogP) is 3.28. The molecular formula is C17H17N3O3S. The first-order chi connectivity index (χ1) is 11.6. The van der Waals surface area contributed by atoms with Gasteiger partial charge >= 0.3 is 0 Å². The Bertz CT molecular complexity index is 856. The first-order valence-electron chi connectivity index (χ1n) is 7.38. The van der Waals surface area contributed by atoms with E-state index in [0.29, 0.717) is 22.3 Å². The molecule has 6 nitrogen and oxygen atoms in total. The van der Waals surface area contributed by atoms with Gasteiger partial charge in [-0.25, -0.2) is 0 Å². The third kappa shape index (κ3) is 3.16. The largest absolute Gasteiger partial charge is 0.496 e. The number of carbonyl (C=O) groups is 1. The average Bonchev–Trinajstić information content (AvgIpc) is 3.21. The molecule has 0 radical (unpaired) electrons. The minimum Gasteiger partial charge on any atom is -0.496 e. The summed E-state index contributed by atoms with van der Waals surface area (Å²) in [5, 5.41) is 8.85. The number of ether oxygens (including phenoxy) is 1. The summed E-state index contributed by atoms with van der Waals surface area (Å²) in [5.74, 6) is 1.29. The van der Waals surface area contributed by atoms with Gasteiger partial charge in [-0.15, -0.1) is 11.3 Å². The number of aromatic nitrogens is 2. The quantitative estimate of drug-likeness (QED) is 0.769. The van der Waals surface area contributed by atoms with Crippen LogP contribution >= 0.6 is 11.3 Å². The lowest BCUT2D eigenvalue weighted by atomic mass is 10.0. The fourth-order valence-electron chi connectivity index (χ4n) is 2.42. The van der Waals surface area contributed by atoms with E-state index in [1.54, 1.807) is 14.0 Å². The Balaban J connectivity index is 2.00. The first kappa shape index (κ1) is 16.2. The summed E-state index contributed by atoms with van der Waals surface area (Å²) in [6.45, 7) is 3.61. The van der Waals surface area contributed by atoms with Gasteiger partial charge in [0.15, 0.2) is 5.82 Å². The fraction of sp³-hybridized carbons (Fsp3) is 0.235. The maximum atomic E-state index is 12.7. The van der Waals surface area contributed by atoms with Gasteiger partial charge in [-0.2, -0.15) is 4.98 Å². The normalized spacial score (nSPS) is 12.0. The molecule has 2 aromatic heterocycles. The minimum absolute atomic E-state index is 0.180. The highest BCUT2D eigenvalue weighted by Gasteiger charge is 2.26. The van der Waals surface area contributed by atoms with Crippen LogP contribution < -0.4 is 10.1 Å². The van der Waals surface area contributed by atoms with Gasteiger partial charge in [0.2, 0.25) is 5.89 Å². The van der Waals surface area contributed by atoms with Gasteiger partial charge in [0.1, 0.15) is 11.8 Å². The molecule has 2 heterocycles. The van der Waals surface area contributed by atoms with E-state index in [-0.39, 0.29) is 5.91 Å². The molecule has 0 bridgehead atoms. The molecule has 0 unspecified atom stereocenters. The highest BCUT2D eigenvalue weighted by Crippen LogP contribution is 2.29. The van der Waals surface area contributed by atoms with Gasteiger partial charge in [-0.1, -0.05) is 23.4 Å². The third-order valence-electron chi connectivity index (χ3n) is 3.60. The Kier molecular flexibility index (Phi) is 4.61. The summed E-state index contributed by atoms with van der Waals surface area (Å²) in [4.78, 5) is 17.6. The van der Waals surface area contributed by atoms with Crippen molar-refractivity contribution in [2.75, 3.05) is 7.11 Å². The van der Waals surface area contributed by atoms with Crippen LogP contribution in [0.1, 0.15) is 38.6 Å². The maximum absolute atomic E-state index is 12.7. The molecule has 24 heavy (non-hydrogen) atoms. The summed E-state index contributed by atoms with van der Waals surface area (Å²) in [6, 6.07) is 8.80. The molecule has 1 atom stereocenters. The summed E-state index contributed by atoms with van der Waals surface area (Å²) < 4.78 is 10.5. The maximum Gasteiger partial charge on any atom is 0.262 e. The summed E-state index contributed by atoms with van der Waals surface area (Å²) in [5.41, 5.74) is 1.70. The number of rotatable bonds is 5. The van der Waals surface area contributed by atoms with E-state index >= 15 is 0 Å². The zero-order chi connectivity index (χ0) is 17.1. The SMILES string of the molecule is COc1ccccc1[C@@H](NC(=O)c1sccc1C)c1noc(C)n1. The zero-order valence-electron chi connectivity index (χ0n) is 13.6. The van der Waals surface area contributed by atoms with Crippen molar-refractivity contribution in [3.63, 3.8) is 0 Å². The Morgan fingerprint density at radius 1 is 1.29 bits per heavy atom. The lowest BCUT2D eigenvalue weighted by Gasteiger charge is -2.18. The van der Waals surface area contributed by atoms with Crippen LogP contribution in [0.5, 0.6) is 5.75 Å². The van der Waals surface area contributed by atoms with Crippen molar-refractivity contribution in [3.05, 3.63) is 63.4 Å². The van der Waals surface area contributed by atoms with Crippen molar-refractivity contribution < 1.29 is 14.1 Å². The third-order valence-corrected chi connectivity index (χ3v) is 4.61. The molecule has 0 spiro atoms. The van der Waals surface area contributed by atoms with Crippen LogP contribution in [0.2, 0.25) is 0 Å². The van der Waals surface area contributed by atoms with Gasteiger partial charge < -0.3 is 14.6 Å². The van der Waals surface area contributed by atoms with Crippen LogP contribution in [-0.4, -0.2) is 23.2 Å². The van der Waals surface area contributed by atoms with E-state index < -0.39 is 6.04 Å². The predicted molar refractivity (Wildman–Crippen MR) is 90.4 cm³/mol. The highest BCUT2D eigenvalue weighted by molar-refractivity contribution is 7.12. The Morgan fingerprint density at radius 2 is 2.08 bits per heavy atom. The summed E-state index contributed by atoms with van der Waals surface area (Å²) in [7, 11) is 1.59. The fourth-order valence-corrected chi connectivity index (χ4v) is 3.25. The van der Waals surface area contributed by atoms with E-state index in [1.807, 2.05) is 42.6 Å². The zero-order valence-corrected chi connectivity index (χ0v) is 14.4. The van der Waals surface area contributed by atoms with Crippen molar-refractivity contribution in [3.8, 4) is 5.75 Å². The Labute approximate surface area is 143 Å². The van der Waals surface area contributed by atoms with Gasteiger partial charge in [-0.3, -0.25) is 4.79 Å². The number of methoxy groups -OCH3 is 1. The molecule has 0 aliphatic heterocycles. The summed E-state index contributed by atoms with van der Waals surface area (Å²) in [6.07, 6.45) is 0. The lowest BCUT2D eigenvalue weighted by Crippen LogP contribution is -2.30. The second-order valence-electron chi connectivity index (χ2n) is 5.25. The molecule has 124 valence electrons. The highest BCUT2D eigenvalue weighted by atomic mass is 32.1. The number of amides is 1. The monoisotopic (exact) mass is 343 g/mol. The minimum atomic E-state index is -0.562. The molecule has 0 saturated heterocycles. The molecule has 0 aliphatic carbocycles. The van der Waals surface area contributed by atoms with Crippen LogP contribution in [0.15, 0.2) is 40.2 Å². The molecule has 7 heteroatoms. The van der Waals surface area contributed by atoms with Crippen LogP contribution in [0, 0.1) is 13.8 Å². The topological polar surface area (TPSA) is 77.2 Å². The van der Waals surface area contributed by atoms with Gasteiger partial charge in [0, 0.05) is 12.5 Å². The standard InChI is InChI=1S/C17H17N3O3S/c1-10-8-9-24-15(10)17(21)19-14(16-18-11(2)23-20-16)12-6-4-5-7-13(12)22-3/h4-9,14H,1-3H3,(H,19,21)/t14-/m1/s1. The second-order valence-corrected chi connectivity index (χ2v) is 6.17. The molecular weight excluding hydrogens is 326 g/mol. The number of nitrogens with one attached hydrogen (secondary N) is 1. The van der Waals surface area contributed by atoms with Crippen molar-refractivity contribution in [2.45, 2.75) is 19.9 Å². The Morgan fingerprint density at radius 3 is 2.71 bits per heavy atom. The van der Waals surface area contributed by atoms with Crippen LogP contribution in [-0.2, 0) is 0 Å². The smallest absolute Gasteiger partial charge is 0.262 e. The number of hydrogen-bond acceptors (Lipinski definition) is 6. The first-order valence-corrected chi connectivity index (χ1v) is 8.26. The van der Waals surface area contributed by atoms with E-state index in [1.165, 1.54) is 11.3 Å². The molecule has 3 aromatic rings. The van der Waals surface area contributed by atoms with Gasteiger partial charge in [0.25, 0.3) is 5.91 Å². The van der Waals surface area contributed by atoms with Crippen LogP contribution in [0.25, 0.3) is 0 Å². The van der Waals surface area contributed by atoms with Crippen molar-refractivity contribution in [1.29, 1.82) is 0 Å².